The van der Waals surface area contributed by atoms with Gasteiger partial charge in [-0.3, -0.25) is 0 Å². The fraction of sp³-hybridized carbons (Fsp3) is 0.375. The van der Waals surface area contributed by atoms with Crippen molar-refractivity contribution in [3.63, 3.8) is 0 Å². The number of anilines is 1. The molecule has 1 rings (SSSR count). The summed E-state index contributed by atoms with van der Waals surface area (Å²) in [5, 5.41) is 0.792. The van der Waals surface area contributed by atoms with Crippen LogP contribution in [0, 0.1) is 5.82 Å². The Balaban J connectivity index is 2.88. The normalized spacial score (nSPS) is 10.2. The van der Waals surface area contributed by atoms with Gasteiger partial charge in [0, 0.05) is 29.6 Å². The van der Waals surface area contributed by atoms with E-state index in [1.807, 2.05) is 0 Å². The van der Waals surface area contributed by atoms with E-state index in [2.05, 4.69) is 36.8 Å². The zero-order chi connectivity index (χ0) is 9.84. The molecule has 72 valence electrons. The minimum atomic E-state index is -0.308. The standard InChI is InChI=1S/C8H9Br2FN2/c1-13(3-2-9)8-7(11)4-6(10)5-12-8/h4-5H,2-3H2,1H3. The molecule has 0 fully saturated rings. The van der Waals surface area contributed by atoms with Gasteiger partial charge in [-0.1, -0.05) is 15.9 Å². The molecule has 0 saturated heterocycles. The Morgan fingerprint density at radius 2 is 2.31 bits per heavy atom. The summed E-state index contributed by atoms with van der Waals surface area (Å²) in [6.45, 7) is 0.728. The van der Waals surface area contributed by atoms with Gasteiger partial charge in [-0.25, -0.2) is 9.37 Å². The summed E-state index contributed by atoms with van der Waals surface area (Å²) in [6.07, 6.45) is 1.59. The first kappa shape index (κ1) is 10.9. The average molecular weight is 312 g/mol. The number of hydrogen-bond acceptors (Lipinski definition) is 2. The van der Waals surface area contributed by atoms with Crippen molar-refractivity contribution in [2.24, 2.45) is 0 Å². The maximum Gasteiger partial charge on any atom is 0.166 e. The van der Waals surface area contributed by atoms with Gasteiger partial charge in [-0.2, -0.15) is 0 Å². The Hall–Kier alpha value is -0.160. The Morgan fingerprint density at radius 1 is 1.62 bits per heavy atom. The van der Waals surface area contributed by atoms with Crippen LogP contribution in [0.2, 0.25) is 0 Å². The zero-order valence-electron chi connectivity index (χ0n) is 7.10. The van der Waals surface area contributed by atoms with Crippen molar-refractivity contribution in [1.29, 1.82) is 0 Å². The maximum atomic E-state index is 13.3. The average Bonchev–Trinajstić information content (AvgIpc) is 2.04. The third-order valence-electron chi connectivity index (χ3n) is 1.57. The van der Waals surface area contributed by atoms with E-state index in [0.29, 0.717) is 10.3 Å². The second-order valence-corrected chi connectivity index (χ2v) is 4.28. The van der Waals surface area contributed by atoms with Crippen LogP contribution in [0.4, 0.5) is 10.2 Å². The van der Waals surface area contributed by atoms with Gasteiger partial charge < -0.3 is 4.90 Å². The van der Waals surface area contributed by atoms with Crippen LogP contribution in [-0.4, -0.2) is 23.9 Å². The van der Waals surface area contributed by atoms with Crippen molar-refractivity contribution in [2.75, 3.05) is 23.8 Å². The predicted octanol–water partition coefficient (Wildman–Crippen LogP) is 2.81. The summed E-state index contributed by atoms with van der Waals surface area (Å²) in [6, 6.07) is 1.41. The molecule has 0 radical (unpaired) electrons. The molecule has 1 aromatic rings. The molecule has 0 aromatic carbocycles. The second kappa shape index (κ2) is 4.91. The van der Waals surface area contributed by atoms with Crippen LogP contribution in [0.5, 0.6) is 0 Å². The summed E-state index contributed by atoms with van der Waals surface area (Å²) in [4.78, 5) is 5.74. The Bertz CT molecular complexity index is 293. The molecule has 1 heterocycles. The molecule has 13 heavy (non-hydrogen) atoms. The summed E-state index contributed by atoms with van der Waals surface area (Å²) >= 11 is 6.44. The fourth-order valence-corrected chi connectivity index (χ4v) is 1.76. The molecule has 0 atom stereocenters. The minimum Gasteiger partial charge on any atom is -0.356 e. The van der Waals surface area contributed by atoms with E-state index in [-0.39, 0.29) is 5.82 Å². The predicted molar refractivity (Wildman–Crippen MR) is 59.0 cm³/mol. The molecule has 5 heteroatoms. The van der Waals surface area contributed by atoms with Crippen molar-refractivity contribution < 1.29 is 4.39 Å². The molecule has 0 amide bonds. The number of pyridine rings is 1. The summed E-state index contributed by atoms with van der Waals surface area (Å²) < 4.78 is 13.9. The lowest BCUT2D eigenvalue weighted by Crippen LogP contribution is -2.21. The van der Waals surface area contributed by atoms with Crippen molar-refractivity contribution in [3.8, 4) is 0 Å². The molecule has 0 N–H and O–H groups in total. The smallest absolute Gasteiger partial charge is 0.166 e. The van der Waals surface area contributed by atoms with Crippen LogP contribution in [0.3, 0.4) is 0 Å². The Labute approximate surface area is 93.4 Å². The van der Waals surface area contributed by atoms with Crippen molar-refractivity contribution >= 4 is 37.7 Å². The van der Waals surface area contributed by atoms with Crippen LogP contribution in [0.15, 0.2) is 16.7 Å². The summed E-state index contributed by atoms with van der Waals surface area (Å²) in [5.41, 5.74) is 0. The third-order valence-corrected chi connectivity index (χ3v) is 2.36. The van der Waals surface area contributed by atoms with Gasteiger partial charge in [-0.05, 0) is 22.0 Å². The zero-order valence-corrected chi connectivity index (χ0v) is 10.3. The number of nitrogens with zero attached hydrogens (tertiary/aromatic N) is 2. The highest BCUT2D eigenvalue weighted by molar-refractivity contribution is 9.10. The highest BCUT2D eigenvalue weighted by atomic mass is 79.9. The van der Waals surface area contributed by atoms with Gasteiger partial charge in [0.15, 0.2) is 11.6 Å². The van der Waals surface area contributed by atoms with E-state index in [0.717, 1.165) is 11.9 Å². The van der Waals surface area contributed by atoms with Gasteiger partial charge in [-0.15, -0.1) is 0 Å². The molecule has 0 bridgehead atoms. The summed E-state index contributed by atoms with van der Waals surface area (Å²) in [5.74, 6) is 0.0699. The molecule has 0 saturated carbocycles. The molecule has 1 aromatic heterocycles. The number of alkyl halides is 1. The highest BCUT2D eigenvalue weighted by Gasteiger charge is 2.08. The highest BCUT2D eigenvalue weighted by Crippen LogP contribution is 2.18. The van der Waals surface area contributed by atoms with Gasteiger partial charge in [0.2, 0.25) is 0 Å². The van der Waals surface area contributed by atoms with Gasteiger partial charge >= 0.3 is 0 Å². The van der Waals surface area contributed by atoms with E-state index in [4.69, 9.17) is 0 Å². The monoisotopic (exact) mass is 310 g/mol. The first-order chi connectivity index (χ1) is 6.15. The van der Waals surface area contributed by atoms with Crippen LogP contribution in [-0.2, 0) is 0 Å². The van der Waals surface area contributed by atoms with Crippen LogP contribution in [0.1, 0.15) is 0 Å². The first-order valence-corrected chi connectivity index (χ1v) is 5.64. The van der Waals surface area contributed by atoms with Gasteiger partial charge in [0.1, 0.15) is 0 Å². The largest absolute Gasteiger partial charge is 0.356 e. The molecular weight excluding hydrogens is 303 g/mol. The Kier molecular flexibility index (Phi) is 4.12. The van der Waals surface area contributed by atoms with E-state index in [1.54, 1.807) is 18.1 Å². The summed E-state index contributed by atoms with van der Waals surface area (Å²) in [7, 11) is 1.81. The van der Waals surface area contributed by atoms with E-state index in [1.165, 1.54) is 6.07 Å². The van der Waals surface area contributed by atoms with Gasteiger partial charge in [0.25, 0.3) is 0 Å². The fourth-order valence-electron chi connectivity index (χ4n) is 0.921. The SMILES string of the molecule is CN(CCBr)c1ncc(Br)cc1F. The van der Waals surface area contributed by atoms with Crippen LogP contribution in [0.25, 0.3) is 0 Å². The van der Waals surface area contributed by atoms with Crippen molar-refractivity contribution in [3.05, 3.63) is 22.6 Å². The Morgan fingerprint density at radius 3 is 2.85 bits per heavy atom. The third kappa shape index (κ3) is 2.91. The number of rotatable bonds is 3. The number of hydrogen-bond donors (Lipinski definition) is 0. The molecule has 0 aliphatic rings. The van der Waals surface area contributed by atoms with E-state index in [9.17, 15) is 4.39 Å². The second-order valence-electron chi connectivity index (χ2n) is 2.57. The quantitative estimate of drug-likeness (QED) is 0.798. The lowest BCUT2D eigenvalue weighted by atomic mass is 10.4. The molecular formula is C8H9Br2FN2. The van der Waals surface area contributed by atoms with Crippen LogP contribution >= 0.6 is 31.9 Å². The topological polar surface area (TPSA) is 16.1 Å². The molecule has 2 nitrogen and oxygen atoms in total. The van der Waals surface area contributed by atoms with Crippen molar-refractivity contribution in [2.45, 2.75) is 0 Å². The minimum absolute atomic E-state index is 0.308. The lowest BCUT2D eigenvalue weighted by Gasteiger charge is -2.16. The number of halogens is 3. The first-order valence-electron chi connectivity index (χ1n) is 3.73. The molecule has 0 spiro atoms. The van der Waals surface area contributed by atoms with Crippen molar-refractivity contribution in [1.82, 2.24) is 4.98 Å². The van der Waals surface area contributed by atoms with Gasteiger partial charge in [0.05, 0.1) is 0 Å². The maximum absolute atomic E-state index is 13.3. The van der Waals surface area contributed by atoms with Crippen LogP contribution < -0.4 is 4.90 Å². The lowest BCUT2D eigenvalue weighted by molar-refractivity contribution is 0.615. The molecule has 0 unspecified atom stereocenters. The van der Waals surface area contributed by atoms with E-state index < -0.39 is 0 Å². The molecule has 0 aliphatic heterocycles. The number of aromatic nitrogens is 1. The van der Waals surface area contributed by atoms with E-state index >= 15 is 0 Å². The molecule has 0 aliphatic carbocycles.